The number of urea groups is 1. The van der Waals surface area contributed by atoms with Crippen molar-refractivity contribution in [3.63, 3.8) is 0 Å². The quantitative estimate of drug-likeness (QED) is 0.613. The van der Waals surface area contributed by atoms with Crippen molar-refractivity contribution in [2.45, 2.75) is 26.3 Å². The maximum Gasteiger partial charge on any atom is 0.322 e. The summed E-state index contributed by atoms with van der Waals surface area (Å²) in [4.78, 5) is 19.2. The van der Waals surface area contributed by atoms with Gasteiger partial charge in [-0.05, 0) is 24.5 Å². The van der Waals surface area contributed by atoms with Gasteiger partial charge < -0.3 is 14.6 Å². The molecule has 1 unspecified atom stereocenters. The second-order valence-electron chi connectivity index (χ2n) is 7.41. The molecule has 2 heterocycles. The largest absolute Gasteiger partial charge is 0.383 e. The first-order valence-electron chi connectivity index (χ1n) is 10.4. The van der Waals surface area contributed by atoms with E-state index in [1.54, 1.807) is 12.0 Å². The monoisotopic (exact) mass is 418 g/mol. The van der Waals surface area contributed by atoms with Crippen LogP contribution in [0.25, 0.3) is 17.0 Å². The molecule has 0 fully saturated rings. The minimum atomic E-state index is -0.388. The fourth-order valence-electron chi connectivity index (χ4n) is 3.74. The van der Waals surface area contributed by atoms with Crippen LogP contribution in [0.1, 0.15) is 36.9 Å². The third kappa shape index (κ3) is 4.22. The van der Waals surface area contributed by atoms with Crippen molar-refractivity contribution in [2.75, 3.05) is 20.3 Å². The molecule has 1 atom stereocenters. The number of nitrogens with zero attached hydrogens (tertiary/aromatic N) is 3. The van der Waals surface area contributed by atoms with E-state index in [2.05, 4.69) is 34.5 Å². The van der Waals surface area contributed by atoms with Crippen LogP contribution in [0.4, 0.5) is 4.79 Å². The summed E-state index contributed by atoms with van der Waals surface area (Å²) in [5, 5.41) is 7.28. The predicted molar refractivity (Wildman–Crippen MR) is 118 cm³/mol. The molecule has 160 valence electrons. The summed E-state index contributed by atoms with van der Waals surface area (Å²) in [6.45, 7) is 4.87. The van der Waals surface area contributed by atoms with Crippen molar-refractivity contribution in [3.8, 4) is 11.4 Å². The van der Waals surface area contributed by atoms with Crippen molar-refractivity contribution in [1.82, 2.24) is 20.4 Å². The highest BCUT2D eigenvalue weighted by atomic mass is 16.5. The van der Waals surface area contributed by atoms with Crippen molar-refractivity contribution in [2.24, 2.45) is 0 Å². The van der Waals surface area contributed by atoms with Crippen LogP contribution in [0.2, 0.25) is 0 Å². The number of amides is 2. The lowest BCUT2D eigenvalue weighted by molar-refractivity contribution is 0.158. The van der Waals surface area contributed by atoms with Crippen LogP contribution in [0, 0.1) is 0 Å². The lowest BCUT2D eigenvalue weighted by Gasteiger charge is -2.35. The van der Waals surface area contributed by atoms with E-state index in [0.29, 0.717) is 24.9 Å². The smallest absolute Gasteiger partial charge is 0.322 e. The number of ether oxygens (including phenoxy) is 1. The van der Waals surface area contributed by atoms with Gasteiger partial charge in [-0.15, -0.1) is 0 Å². The van der Waals surface area contributed by atoms with Gasteiger partial charge in [0.25, 0.3) is 5.89 Å². The van der Waals surface area contributed by atoms with Gasteiger partial charge in [0.1, 0.15) is 0 Å². The number of methoxy groups -OCH3 is 1. The molecule has 1 aromatic heterocycles. The van der Waals surface area contributed by atoms with E-state index < -0.39 is 0 Å². The van der Waals surface area contributed by atoms with Crippen LogP contribution in [0.3, 0.4) is 0 Å². The molecule has 1 aliphatic heterocycles. The first-order valence-corrected chi connectivity index (χ1v) is 10.4. The Labute approximate surface area is 181 Å². The minimum absolute atomic E-state index is 0.175. The molecule has 7 heteroatoms. The molecule has 2 aromatic carbocycles. The van der Waals surface area contributed by atoms with E-state index in [4.69, 9.17) is 9.26 Å². The molecule has 0 spiro atoms. The Hall–Kier alpha value is -3.45. The Kier molecular flexibility index (Phi) is 6.13. The summed E-state index contributed by atoms with van der Waals surface area (Å²) >= 11 is 0. The van der Waals surface area contributed by atoms with Crippen LogP contribution < -0.4 is 5.32 Å². The number of nitrogens with one attached hydrogen (secondary N) is 1. The Bertz CT molecular complexity index is 1070. The van der Waals surface area contributed by atoms with Crippen LogP contribution in [-0.2, 0) is 11.2 Å². The zero-order valence-corrected chi connectivity index (χ0v) is 18.0. The van der Waals surface area contributed by atoms with Gasteiger partial charge in [-0.2, -0.15) is 4.98 Å². The van der Waals surface area contributed by atoms with Crippen molar-refractivity contribution in [1.29, 1.82) is 0 Å². The van der Waals surface area contributed by atoms with Gasteiger partial charge in [0, 0.05) is 18.4 Å². The second kappa shape index (κ2) is 9.14. The number of carbonyl (C=O) groups is 1. The minimum Gasteiger partial charge on any atom is -0.383 e. The summed E-state index contributed by atoms with van der Waals surface area (Å²) < 4.78 is 10.9. The van der Waals surface area contributed by atoms with E-state index in [0.717, 1.165) is 28.8 Å². The highest BCUT2D eigenvalue weighted by molar-refractivity contribution is 5.86. The molecule has 4 rings (SSSR count). The number of benzene rings is 2. The summed E-state index contributed by atoms with van der Waals surface area (Å²) in [7, 11) is 1.62. The highest BCUT2D eigenvalue weighted by Crippen LogP contribution is 2.37. The number of aryl methyl sites for hydroxylation is 1. The van der Waals surface area contributed by atoms with Gasteiger partial charge in [0.2, 0.25) is 5.82 Å². The first kappa shape index (κ1) is 20.8. The number of hydrogen-bond donors (Lipinski definition) is 1. The van der Waals surface area contributed by atoms with Crippen molar-refractivity contribution in [3.05, 3.63) is 77.3 Å². The van der Waals surface area contributed by atoms with E-state index in [1.165, 1.54) is 5.56 Å². The third-order valence-electron chi connectivity index (χ3n) is 5.53. The van der Waals surface area contributed by atoms with Gasteiger partial charge in [-0.25, -0.2) is 4.79 Å². The zero-order valence-electron chi connectivity index (χ0n) is 18.0. The van der Waals surface area contributed by atoms with E-state index in [1.807, 2.05) is 49.4 Å². The zero-order chi connectivity index (χ0) is 21.8. The van der Waals surface area contributed by atoms with Gasteiger partial charge in [0.05, 0.1) is 24.8 Å². The Morgan fingerprint density at radius 1 is 1.13 bits per heavy atom. The molecule has 0 aliphatic carbocycles. The summed E-state index contributed by atoms with van der Waals surface area (Å²) in [5.41, 5.74) is 4.63. The maximum atomic E-state index is 12.9. The summed E-state index contributed by atoms with van der Waals surface area (Å²) in [6.07, 6.45) is 0.952. The number of rotatable bonds is 7. The molecule has 3 aromatic rings. The lowest BCUT2D eigenvalue weighted by Crippen LogP contribution is -2.47. The van der Waals surface area contributed by atoms with Crippen molar-refractivity contribution >= 4 is 11.6 Å². The average molecular weight is 418 g/mol. The molecule has 1 aliphatic rings. The number of carbonyl (C=O) groups excluding carboxylic acids is 1. The standard InChI is InChI=1S/C24H26N4O3/c1-4-17-10-12-18(13-11-17)21-20(16(2)28(14-15-30-3)24(29)25-21)23-26-22(27-31-23)19-8-6-5-7-9-19/h5-13,21H,4,14-15H2,1-3H3,(H,25,29). The second-order valence-corrected chi connectivity index (χ2v) is 7.41. The number of allylic oxidation sites excluding steroid dienone is 1. The van der Waals surface area contributed by atoms with Gasteiger partial charge in [0.15, 0.2) is 0 Å². The van der Waals surface area contributed by atoms with Gasteiger partial charge in [-0.3, -0.25) is 4.90 Å². The summed E-state index contributed by atoms with van der Waals surface area (Å²) in [5.74, 6) is 0.902. The summed E-state index contributed by atoms with van der Waals surface area (Å²) in [6, 6.07) is 17.3. The topological polar surface area (TPSA) is 80.5 Å². The van der Waals surface area contributed by atoms with E-state index in [9.17, 15) is 4.79 Å². The van der Waals surface area contributed by atoms with E-state index in [-0.39, 0.29) is 12.1 Å². The molecule has 0 bridgehead atoms. The van der Waals surface area contributed by atoms with Gasteiger partial charge >= 0.3 is 6.03 Å². The molecular weight excluding hydrogens is 392 g/mol. The molecule has 7 nitrogen and oxygen atoms in total. The number of aromatic nitrogens is 2. The molecule has 0 saturated heterocycles. The normalized spacial score (nSPS) is 16.5. The van der Waals surface area contributed by atoms with Crippen molar-refractivity contribution < 1.29 is 14.1 Å². The first-order chi connectivity index (χ1) is 15.1. The highest BCUT2D eigenvalue weighted by Gasteiger charge is 2.35. The molecule has 31 heavy (non-hydrogen) atoms. The Morgan fingerprint density at radius 3 is 2.55 bits per heavy atom. The molecule has 2 amide bonds. The predicted octanol–water partition coefficient (Wildman–Crippen LogP) is 4.44. The van der Waals surface area contributed by atoms with Crippen LogP contribution in [0.15, 0.2) is 64.8 Å². The fraction of sp³-hybridized carbons (Fsp3) is 0.292. The number of hydrogen-bond acceptors (Lipinski definition) is 5. The van der Waals surface area contributed by atoms with Crippen LogP contribution >= 0.6 is 0 Å². The maximum absolute atomic E-state index is 12.9. The average Bonchev–Trinajstić information content (AvgIpc) is 3.29. The Morgan fingerprint density at radius 2 is 1.87 bits per heavy atom. The SMILES string of the molecule is CCc1ccc(C2NC(=O)N(CCOC)C(C)=C2c2nc(-c3ccccc3)no2)cc1. The van der Waals surface area contributed by atoms with E-state index >= 15 is 0 Å². The molecule has 1 N–H and O–H groups in total. The van der Waals surface area contributed by atoms with Gasteiger partial charge in [-0.1, -0.05) is 66.7 Å². The third-order valence-corrected chi connectivity index (χ3v) is 5.53. The fourth-order valence-corrected chi connectivity index (χ4v) is 3.74. The van der Waals surface area contributed by atoms with Crippen LogP contribution in [-0.4, -0.2) is 41.3 Å². The molecular formula is C24H26N4O3. The lowest BCUT2D eigenvalue weighted by atomic mass is 9.93. The Balaban J connectivity index is 1.78. The van der Waals surface area contributed by atoms with Crippen LogP contribution in [0.5, 0.6) is 0 Å². The molecule has 0 radical (unpaired) electrons. The molecule has 0 saturated carbocycles.